The molecule has 3 aliphatic rings. The van der Waals surface area contributed by atoms with Crippen molar-refractivity contribution in [3.63, 3.8) is 0 Å². The van der Waals surface area contributed by atoms with Gasteiger partial charge in [0, 0.05) is 37.3 Å². The largest absolute Gasteiger partial charge is 0.462 e. The van der Waals surface area contributed by atoms with Crippen molar-refractivity contribution < 1.29 is 14.3 Å². The number of amides is 2. The highest BCUT2D eigenvalue weighted by molar-refractivity contribution is 6.00. The van der Waals surface area contributed by atoms with Crippen LogP contribution in [0.5, 0.6) is 0 Å². The topological polar surface area (TPSA) is 152 Å². The number of halogens is 2. The third-order valence-electron chi connectivity index (χ3n) is 9.03. The quantitative estimate of drug-likeness (QED) is 0.221. The van der Waals surface area contributed by atoms with E-state index in [0.717, 1.165) is 68.3 Å². The number of hydrogen-bond donors (Lipinski definition) is 4. The van der Waals surface area contributed by atoms with Crippen LogP contribution in [0.15, 0.2) is 30.6 Å². The van der Waals surface area contributed by atoms with Gasteiger partial charge in [0.2, 0.25) is 5.95 Å². The fraction of sp³-hybridized carbons (Fsp3) is 0.581. The third kappa shape index (κ3) is 8.09. The minimum Gasteiger partial charge on any atom is -0.462 e. The standard InChI is InChI=1S/C31H43N9O3.2ClH/c1-2-43-29(41)24-9-5-6-10-25(24)36-31(42)39-17-15-22(16-18-39)34-27-26-28(40(19-33-26)23-7-3-4-8-23)38-30(37-27)35-21-13-11-20(32)12-14-21;;/h5-6,9-10,19-23H,2-4,7-8,11-18,32H2,1H3,(H,36,42)(H2,34,35,37,38);2*1H/t20-,21-;;. The summed E-state index contributed by atoms with van der Waals surface area (Å²) in [5.74, 6) is 0.920. The van der Waals surface area contributed by atoms with Gasteiger partial charge in [0.05, 0.1) is 24.2 Å². The Labute approximate surface area is 276 Å². The van der Waals surface area contributed by atoms with E-state index >= 15 is 0 Å². The van der Waals surface area contributed by atoms with E-state index in [1.807, 2.05) is 6.33 Å². The number of urea groups is 1. The van der Waals surface area contributed by atoms with Gasteiger partial charge in [-0.15, -0.1) is 24.8 Å². The number of ether oxygens (including phenoxy) is 1. The molecule has 5 N–H and O–H groups in total. The molecule has 1 saturated heterocycles. The average molecular weight is 663 g/mol. The Morgan fingerprint density at radius 2 is 1.62 bits per heavy atom. The van der Waals surface area contributed by atoms with E-state index in [1.165, 1.54) is 12.8 Å². The molecule has 14 heteroatoms. The van der Waals surface area contributed by atoms with Gasteiger partial charge in [-0.3, -0.25) is 0 Å². The predicted octanol–water partition coefficient (Wildman–Crippen LogP) is 5.75. The first-order valence-electron chi connectivity index (χ1n) is 15.8. The van der Waals surface area contributed by atoms with Gasteiger partial charge in [-0.2, -0.15) is 9.97 Å². The van der Waals surface area contributed by atoms with E-state index in [4.69, 9.17) is 25.4 Å². The maximum Gasteiger partial charge on any atom is 0.340 e. The highest BCUT2D eigenvalue weighted by Crippen LogP contribution is 2.34. The number of benzene rings is 1. The molecule has 2 saturated carbocycles. The van der Waals surface area contributed by atoms with Gasteiger partial charge >= 0.3 is 12.0 Å². The zero-order chi connectivity index (χ0) is 29.8. The number of aromatic nitrogens is 4. The fourth-order valence-corrected chi connectivity index (χ4v) is 6.57. The lowest BCUT2D eigenvalue weighted by Gasteiger charge is -2.33. The maximum atomic E-state index is 13.1. The Hall–Kier alpha value is -3.35. The van der Waals surface area contributed by atoms with Crippen LogP contribution in [0.3, 0.4) is 0 Å². The van der Waals surface area contributed by atoms with Gasteiger partial charge in [0.25, 0.3) is 0 Å². The molecule has 12 nitrogen and oxygen atoms in total. The summed E-state index contributed by atoms with van der Waals surface area (Å²) in [5, 5.41) is 10.1. The Morgan fingerprint density at radius 3 is 2.33 bits per heavy atom. The first-order valence-corrected chi connectivity index (χ1v) is 15.8. The number of nitrogens with two attached hydrogens (primary N) is 1. The lowest BCUT2D eigenvalue weighted by Crippen LogP contribution is -2.44. The highest BCUT2D eigenvalue weighted by atomic mass is 35.5. The monoisotopic (exact) mass is 661 g/mol. The second-order valence-electron chi connectivity index (χ2n) is 12.0. The molecule has 3 heterocycles. The van der Waals surface area contributed by atoms with Gasteiger partial charge < -0.3 is 35.9 Å². The molecule has 0 atom stereocenters. The van der Waals surface area contributed by atoms with Gasteiger partial charge in [0.15, 0.2) is 17.0 Å². The van der Waals surface area contributed by atoms with Crippen molar-refractivity contribution >= 4 is 65.4 Å². The molecule has 0 spiro atoms. The Kier molecular flexibility index (Phi) is 12.1. The summed E-state index contributed by atoms with van der Waals surface area (Å²) < 4.78 is 7.38. The fourth-order valence-electron chi connectivity index (χ4n) is 6.57. The molecule has 3 aromatic rings. The van der Waals surface area contributed by atoms with Crippen LogP contribution in [-0.2, 0) is 4.74 Å². The Balaban J connectivity index is 0.00000230. The van der Waals surface area contributed by atoms with Crippen molar-refractivity contribution in [3.05, 3.63) is 36.2 Å². The van der Waals surface area contributed by atoms with Crippen LogP contribution >= 0.6 is 24.8 Å². The first-order chi connectivity index (χ1) is 21.0. The van der Waals surface area contributed by atoms with Gasteiger partial charge in [-0.05, 0) is 70.4 Å². The number of anilines is 3. The van der Waals surface area contributed by atoms with Crippen LogP contribution in [0, 0.1) is 0 Å². The van der Waals surface area contributed by atoms with Gasteiger partial charge in [-0.1, -0.05) is 25.0 Å². The Bertz CT molecular complexity index is 1430. The van der Waals surface area contributed by atoms with Crippen molar-refractivity contribution in [2.45, 2.75) is 95.3 Å². The lowest BCUT2D eigenvalue weighted by molar-refractivity contribution is 0.0527. The number of hydrogen-bond acceptors (Lipinski definition) is 9. The predicted molar refractivity (Wildman–Crippen MR) is 181 cm³/mol. The number of esters is 1. The number of nitrogens with one attached hydrogen (secondary N) is 3. The molecular weight excluding hydrogens is 617 g/mol. The molecule has 0 radical (unpaired) electrons. The summed E-state index contributed by atoms with van der Waals surface area (Å²) in [6.07, 6.45) is 12.2. The summed E-state index contributed by atoms with van der Waals surface area (Å²) in [5.41, 5.74) is 8.60. The zero-order valence-corrected chi connectivity index (χ0v) is 27.4. The normalized spacial score (nSPS) is 20.6. The van der Waals surface area contributed by atoms with Crippen LogP contribution in [0.4, 0.5) is 22.2 Å². The van der Waals surface area contributed by atoms with E-state index in [0.29, 0.717) is 42.4 Å². The van der Waals surface area contributed by atoms with Gasteiger partial charge in [-0.25, -0.2) is 14.6 Å². The molecule has 2 aromatic heterocycles. The maximum absolute atomic E-state index is 13.1. The number of rotatable bonds is 8. The smallest absolute Gasteiger partial charge is 0.340 e. The van der Waals surface area contributed by atoms with Crippen LogP contribution in [0.2, 0.25) is 0 Å². The van der Waals surface area contributed by atoms with Crippen LogP contribution in [-0.4, -0.2) is 74.2 Å². The minimum atomic E-state index is -0.450. The third-order valence-corrected chi connectivity index (χ3v) is 9.03. The summed E-state index contributed by atoms with van der Waals surface area (Å²) in [6.45, 7) is 3.18. The molecule has 2 aliphatic carbocycles. The highest BCUT2D eigenvalue weighted by Gasteiger charge is 2.27. The number of likely N-dealkylation sites (tertiary alicyclic amines) is 1. The first kappa shape index (κ1) is 34.5. The van der Waals surface area contributed by atoms with Gasteiger partial charge in [0.1, 0.15) is 0 Å². The number of carbonyl (C=O) groups excluding carboxylic acids is 2. The van der Waals surface area contributed by atoms with E-state index in [2.05, 4.69) is 20.5 Å². The Morgan fingerprint density at radius 1 is 0.933 bits per heavy atom. The molecule has 246 valence electrons. The van der Waals surface area contributed by atoms with E-state index in [1.54, 1.807) is 36.1 Å². The van der Waals surface area contributed by atoms with Crippen molar-refractivity contribution in [3.8, 4) is 0 Å². The number of para-hydroxylation sites is 1. The van der Waals surface area contributed by atoms with E-state index < -0.39 is 5.97 Å². The zero-order valence-electron chi connectivity index (χ0n) is 25.7. The number of carbonyl (C=O) groups is 2. The molecule has 1 aromatic carbocycles. The minimum absolute atomic E-state index is 0. The number of fused-ring (bicyclic) bond motifs is 1. The molecule has 2 amide bonds. The molecule has 3 fully saturated rings. The number of imidazole rings is 1. The van der Waals surface area contributed by atoms with E-state index in [-0.39, 0.29) is 49.5 Å². The molecular formula is C31H45Cl2N9O3. The van der Waals surface area contributed by atoms with Crippen molar-refractivity contribution in [1.82, 2.24) is 24.4 Å². The molecule has 1 aliphatic heterocycles. The molecule has 0 unspecified atom stereocenters. The summed E-state index contributed by atoms with van der Waals surface area (Å²) in [7, 11) is 0. The van der Waals surface area contributed by atoms with Crippen molar-refractivity contribution in [1.29, 1.82) is 0 Å². The van der Waals surface area contributed by atoms with Crippen LogP contribution < -0.4 is 21.7 Å². The average Bonchev–Trinajstić information content (AvgIpc) is 3.70. The second-order valence-corrected chi connectivity index (χ2v) is 12.0. The van der Waals surface area contributed by atoms with Crippen molar-refractivity contribution in [2.75, 3.05) is 35.6 Å². The van der Waals surface area contributed by atoms with Crippen LogP contribution in [0.1, 0.15) is 87.5 Å². The van der Waals surface area contributed by atoms with Crippen LogP contribution in [0.25, 0.3) is 11.2 Å². The molecule has 6 rings (SSSR count). The van der Waals surface area contributed by atoms with Crippen molar-refractivity contribution in [2.24, 2.45) is 5.73 Å². The molecule has 45 heavy (non-hydrogen) atoms. The number of nitrogens with zero attached hydrogens (tertiary/aromatic N) is 5. The second kappa shape index (κ2) is 15.8. The summed E-state index contributed by atoms with van der Waals surface area (Å²) >= 11 is 0. The lowest BCUT2D eigenvalue weighted by atomic mass is 9.92. The summed E-state index contributed by atoms with van der Waals surface area (Å²) in [4.78, 5) is 41.9. The SMILES string of the molecule is CCOC(=O)c1ccccc1NC(=O)N1CCC(Nc2nc(N[C@H]3CC[C@H](N)CC3)nc3c2ncn3C2CCCC2)CC1.Cl.Cl. The number of piperidine rings is 1. The summed E-state index contributed by atoms with van der Waals surface area (Å²) in [6, 6.07) is 7.83. The van der Waals surface area contributed by atoms with E-state index in [9.17, 15) is 9.59 Å². The molecule has 0 bridgehead atoms.